The van der Waals surface area contributed by atoms with Crippen molar-refractivity contribution < 1.29 is 0 Å². The summed E-state index contributed by atoms with van der Waals surface area (Å²) in [7, 11) is 2.05. The molecule has 90 valence electrons. The van der Waals surface area contributed by atoms with E-state index in [1.165, 1.54) is 5.56 Å². The maximum Gasteiger partial charge on any atom is 0.0991 e. The average Bonchev–Trinajstić information content (AvgIpc) is 2.46. The van der Waals surface area contributed by atoms with Crippen molar-refractivity contribution >= 4 is 5.69 Å². The predicted molar refractivity (Wildman–Crippen MR) is 72.4 cm³/mol. The van der Waals surface area contributed by atoms with Crippen LogP contribution in [0.2, 0.25) is 0 Å². The fraction of sp³-hybridized carbons (Fsp3) is 0.200. The molecule has 0 N–H and O–H groups in total. The Morgan fingerprint density at radius 2 is 2.00 bits per heavy atom. The van der Waals surface area contributed by atoms with Gasteiger partial charge in [0.2, 0.25) is 0 Å². The van der Waals surface area contributed by atoms with Crippen LogP contribution in [0.5, 0.6) is 0 Å². The van der Waals surface area contributed by atoms with Crippen LogP contribution in [0.3, 0.4) is 0 Å². The minimum atomic E-state index is 0.694. The van der Waals surface area contributed by atoms with Gasteiger partial charge < -0.3 is 4.90 Å². The van der Waals surface area contributed by atoms with E-state index < -0.39 is 0 Å². The smallest absolute Gasteiger partial charge is 0.0991 e. The average molecular weight is 237 g/mol. The third-order valence-corrected chi connectivity index (χ3v) is 2.90. The van der Waals surface area contributed by atoms with E-state index in [9.17, 15) is 0 Å². The highest BCUT2D eigenvalue weighted by Crippen LogP contribution is 2.13. The van der Waals surface area contributed by atoms with Crippen LogP contribution < -0.4 is 4.90 Å². The molecule has 1 aromatic heterocycles. The van der Waals surface area contributed by atoms with Crippen LogP contribution in [-0.4, -0.2) is 18.6 Å². The lowest BCUT2D eigenvalue weighted by atomic mass is 10.2. The molecule has 0 saturated carbocycles. The van der Waals surface area contributed by atoms with Crippen LogP contribution in [0.1, 0.15) is 11.1 Å². The highest BCUT2D eigenvalue weighted by atomic mass is 15.1. The van der Waals surface area contributed by atoms with Gasteiger partial charge in [-0.15, -0.1) is 0 Å². The van der Waals surface area contributed by atoms with E-state index in [2.05, 4.69) is 29.1 Å². The van der Waals surface area contributed by atoms with Gasteiger partial charge in [-0.25, -0.2) is 0 Å². The fourth-order valence-electron chi connectivity index (χ4n) is 1.76. The van der Waals surface area contributed by atoms with Gasteiger partial charge in [0.1, 0.15) is 0 Å². The van der Waals surface area contributed by atoms with Crippen molar-refractivity contribution in [3.05, 3.63) is 59.9 Å². The molecular weight excluding hydrogens is 222 g/mol. The van der Waals surface area contributed by atoms with E-state index in [-0.39, 0.29) is 0 Å². The van der Waals surface area contributed by atoms with Gasteiger partial charge in [-0.3, -0.25) is 4.98 Å². The van der Waals surface area contributed by atoms with E-state index >= 15 is 0 Å². The molecular formula is C15H15N3. The Labute approximate surface area is 107 Å². The van der Waals surface area contributed by atoms with E-state index in [0.29, 0.717) is 5.56 Å². The van der Waals surface area contributed by atoms with Gasteiger partial charge in [0.05, 0.1) is 11.6 Å². The summed E-state index contributed by atoms with van der Waals surface area (Å²) >= 11 is 0. The lowest BCUT2D eigenvalue weighted by Crippen LogP contribution is -2.20. The van der Waals surface area contributed by atoms with Crippen molar-refractivity contribution in [3.8, 4) is 6.07 Å². The van der Waals surface area contributed by atoms with Crippen molar-refractivity contribution in [2.24, 2.45) is 0 Å². The van der Waals surface area contributed by atoms with E-state index in [0.717, 1.165) is 18.7 Å². The van der Waals surface area contributed by atoms with Gasteiger partial charge in [0.25, 0.3) is 0 Å². The first-order chi connectivity index (χ1) is 8.79. The van der Waals surface area contributed by atoms with E-state index in [1.54, 1.807) is 6.20 Å². The zero-order valence-electron chi connectivity index (χ0n) is 10.4. The van der Waals surface area contributed by atoms with Crippen molar-refractivity contribution in [2.45, 2.75) is 6.42 Å². The van der Waals surface area contributed by atoms with Gasteiger partial charge >= 0.3 is 0 Å². The van der Waals surface area contributed by atoms with Crippen molar-refractivity contribution in [1.29, 1.82) is 5.26 Å². The van der Waals surface area contributed by atoms with Crippen LogP contribution in [0, 0.1) is 11.3 Å². The molecule has 3 nitrogen and oxygen atoms in total. The number of hydrogen-bond acceptors (Lipinski definition) is 3. The van der Waals surface area contributed by atoms with E-state index in [1.807, 2.05) is 36.5 Å². The first-order valence-corrected chi connectivity index (χ1v) is 5.90. The van der Waals surface area contributed by atoms with Crippen molar-refractivity contribution in [1.82, 2.24) is 4.98 Å². The number of hydrogen-bond donors (Lipinski definition) is 0. The highest BCUT2D eigenvalue weighted by molar-refractivity contribution is 5.49. The number of nitrogens with zero attached hydrogens (tertiary/aromatic N) is 3. The quantitative estimate of drug-likeness (QED) is 0.820. The summed E-state index contributed by atoms with van der Waals surface area (Å²) in [5, 5.41) is 8.75. The number of rotatable bonds is 4. The summed E-state index contributed by atoms with van der Waals surface area (Å²) in [4.78, 5) is 6.28. The standard InChI is InChI=1S/C15H15N3/c1-18(10-8-14-3-2-9-17-12-14)15-6-4-13(11-16)5-7-15/h2-7,9,12H,8,10H2,1H3. The third kappa shape index (κ3) is 3.08. The summed E-state index contributed by atoms with van der Waals surface area (Å²) in [6.07, 6.45) is 4.64. The lowest BCUT2D eigenvalue weighted by Gasteiger charge is -2.19. The van der Waals surface area contributed by atoms with Gasteiger partial charge in [0, 0.05) is 31.7 Å². The van der Waals surface area contributed by atoms with Crippen molar-refractivity contribution in [2.75, 3.05) is 18.5 Å². The topological polar surface area (TPSA) is 39.9 Å². The molecule has 0 saturated heterocycles. The van der Waals surface area contributed by atoms with Crippen LogP contribution in [0.15, 0.2) is 48.8 Å². The Kier molecular flexibility index (Phi) is 3.93. The molecule has 2 rings (SSSR count). The number of nitriles is 1. The molecule has 0 fully saturated rings. The minimum Gasteiger partial charge on any atom is -0.374 e. The molecule has 3 heteroatoms. The Morgan fingerprint density at radius 1 is 1.22 bits per heavy atom. The van der Waals surface area contributed by atoms with Crippen LogP contribution in [0.4, 0.5) is 5.69 Å². The molecule has 0 spiro atoms. The maximum absolute atomic E-state index is 8.75. The van der Waals surface area contributed by atoms with Gasteiger partial charge in [-0.05, 0) is 42.3 Å². The van der Waals surface area contributed by atoms with Crippen molar-refractivity contribution in [3.63, 3.8) is 0 Å². The SMILES string of the molecule is CN(CCc1cccnc1)c1ccc(C#N)cc1. The molecule has 0 bridgehead atoms. The summed E-state index contributed by atoms with van der Waals surface area (Å²) in [5.41, 5.74) is 3.05. The molecule has 0 amide bonds. The zero-order chi connectivity index (χ0) is 12.8. The molecule has 0 unspecified atom stereocenters. The number of likely N-dealkylation sites (N-methyl/N-ethyl adjacent to an activating group) is 1. The van der Waals surface area contributed by atoms with Crippen LogP contribution >= 0.6 is 0 Å². The van der Waals surface area contributed by atoms with Gasteiger partial charge in [-0.1, -0.05) is 6.07 Å². The number of pyridine rings is 1. The molecule has 0 aliphatic rings. The Morgan fingerprint density at radius 3 is 2.61 bits per heavy atom. The van der Waals surface area contributed by atoms with Crippen LogP contribution in [-0.2, 0) is 6.42 Å². The molecule has 1 aromatic carbocycles. The number of aromatic nitrogens is 1. The first kappa shape index (κ1) is 12.1. The second-order valence-corrected chi connectivity index (χ2v) is 4.19. The maximum atomic E-state index is 8.75. The molecule has 1 heterocycles. The first-order valence-electron chi connectivity index (χ1n) is 5.90. The molecule has 0 atom stereocenters. The highest BCUT2D eigenvalue weighted by Gasteiger charge is 2.01. The molecule has 0 aliphatic carbocycles. The molecule has 2 aromatic rings. The molecule has 0 radical (unpaired) electrons. The summed E-state index contributed by atoms with van der Waals surface area (Å²) < 4.78 is 0. The zero-order valence-corrected chi connectivity index (χ0v) is 10.4. The lowest BCUT2D eigenvalue weighted by molar-refractivity contribution is 0.872. The number of anilines is 1. The molecule has 0 aliphatic heterocycles. The van der Waals surface area contributed by atoms with Gasteiger partial charge in [0.15, 0.2) is 0 Å². The minimum absolute atomic E-state index is 0.694. The molecule has 18 heavy (non-hydrogen) atoms. The monoisotopic (exact) mass is 237 g/mol. The number of benzene rings is 1. The summed E-state index contributed by atoms with van der Waals surface area (Å²) in [6, 6.07) is 13.8. The Hall–Kier alpha value is -2.34. The fourth-order valence-corrected chi connectivity index (χ4v) is 1.76. The second-order valence-electron chi connectivity index (χ2n) is 4.19. The second kappa shape index (κ2) is 5.83. The summed E-state index contributed by atoms with van der Waals surface area (Å²) in [5.74, 6) is 0. The summed E-state index contributed by atoms with van der Waals surface area (Å²) in [6.45, 7) is 0.928. The normalized spacial score (nSPS) is 9.78. The predicted octanol–water partition coefficient (Wildman–Crippen LogP) is 2.63. The Bertz CT molecular complexity index is 526. The largest absolute Gasteiger partial charge is 0.374 e. The van der Waals surface area contributed by atoms with E-state index in [4.69, 9.17) is 5.26 Å². The Balaban J connectivity index is 1.95. The third-order valence-electron chi connectivity index (χ3n) is 2.90. The van der Waals surface area contributed by atoms with Gasteiger partial charge in [-0.2, -0.15) is 5.26 Å². The van der Waals surface area contributed by atoms with Crippen LogP contribution in [0.25, 0.3) is 0 Å².